The minimum absolute atomic E-state index is 0.0349. The molecule has 0 saturated carbocycles. The molecule has 3 aliphatic heterocycles. The van der Waals surface area contributed by atoms with E-state index in [1.54, 1.807) is 17.4 Å². The Balaban J connectivity index is 1.24. The summed E-state index contributed by atoms with van der Waals surface area (Å²) in [5.74, 6) is -0.414. The van der Waals surface area contributed by atoms with E-state index in [1.807, 2.05) is 24.3 Å². The number of carbonyl (C=O) groups is 3. The van der Waals surface area contributed by atoms with Gasteiger partial charge in [-0.3, -0.25) is 24.3 Å². The lowest BCUT2D eigenvalue weighted by Gasteiger charge is -2.19. The number of thiophene rings is 1. The number of nitrogens with zero attached hydrogens (tertiary/aromatic N) is 3. The molecule has 1 fully saturated rings. The molecule has 1 saturated heterocycles. The van der Waals surface area contributed by atoms with Crippen molar-refractivity contribution in [2.45, 2.75) is 45.1 Å². The van der Waals surface area contributed by atoms with E-state index in [1.165, 1.54) is 22.6 Å². The minimum Gasteiger partial charge on any atom is -0.358 e. The molecule has 4 aliphatic rings. The van der Waals surface area contributed by atoms with Crippen LogP contribution in [-0.4, -0.2) is 65.3 Å². The van der Waals surface area contributed by atoms with Crippen LogP contribution in [0.2, 0.25) is 0 Å². The van der Waals surface area contributed by atoms with Gasteiger partial charge in [0, 0.05) is 48.6 Å². The summed E-state index contributed by atoms with van der Waals surface area (Å²) in [5.41, 5.74) is 4.73. The van der Waals surface area contributed by atoms with Crippen LogP contribution >= 0.6 is 11.3 Å². The third-order valence-corrected chi connectivity index (χ3v) is 8.44. The normalized spacial score (nSPS) is 23.2. The van der Waals surface area contributed by atoms with Crippen molar-refractivity contribution in [1.82, 2.24) is 9.80 Å². The molecule has 7 nitrogen and oxygen atoms in total. The van der Waals surface area contributed by atoms with Gasteiger partial charge in [0.25, 0.3) is 11.8 Å². The molecule has 1 N–H and O–H groups in total. The summed E-state index contributed by atoms with van der Waals surface area (Å²) in [6, 6.07) is 7.80. The van der Waals surface area contributed by atoms with Crippen LogP contribution in [-0.2, 0) is 17.6 Å². The van der Waals surface area contributed by atoms with Gasteiger partial charge in [0.05, 0.1) is 28.5 Å². The highest BCUT2D eigenvalue weighted by Crippen LogP contribution is 2.36. The van der Waals surface area contributed by atoms with Gasteiger partial charge in [0.2, 0.25) is 0 Å². The first-order chi connectivity index (χ1) is 18.0. The predicted molar refractivity (Wildman–Crippen MR) is 146 cm³/mol. The van der Waals surface area contributed by atoms with Crippen LogP contribution in [0.25, 0.3) is 0 Å². The van der Waals surface area contributed by atoms with Gasteiger partial charge >= 0.3 is 0 Å². The molecule has 0 unspecified atom stereocenters. The van der Waals surface area contributed by atoms with Gasteiger partial charge in [-0.1, -0.05) is 12.1 Å². The molecule has 2 aromatic rings. The van der Waals surface area contributed by atoms with Crippen LogP contribution in [0, 0.1) is 0 Å². The molecule has 0 spiro atoms. The predicted octanol–water partition coefficient (Wildman–Crippen LogP) is 4.26. The van der Waals surface area contributed by atoms with Gasteiger partial charge in [0.1, 0.15) is 0 Å². The van der Waals surface area contributed by atoms with Crippen molar-refractivity contribution in [3.63, 3.8) is 0 Å². The third-order valence-electron chi connectivity index (χ3n) is 7.54. The molecule has 0 bridgehead atoms. The smallest absolute Gasteiger partial charge is 0.261 e. The molecule has 1 aromatic carbocycles. The first kappa shape index (κ1) is 24.0. The zero-order valence-corrected chi connectivity index (χ0v) is 21.8. The molecular weight excluding hydrogens is 484 g/mol. The lowest BCUT2D eigenvalue weighted by Crippen LogP contribution is -2.37. The summed E-state index contributed by atoms with van der Waals surface area (Å²) in [7, 11) is 0. The number of allylic oxidation sites excluding steroid dienone is 4. The quantitative estimate of drug-likeness (QED) is 0.460. The average molecular weight is 515 g/mol. The van der Waals surface area contributed by atoms with E-state index in [2.05, 4.69) is 28.6 Å². The Morgan fingerprint density at radius 3 is 2.62 bits per heavy atom. The van der Waals surface area contributed by atoms with E-state index in [9.17, 15) is 14.4 Å². The first-order valence-corrected chi connectivity index (χ1v) is 13.9. The van der Waals surface area contributed by atoms with Gasteiger partial charge in [-0.25, -0.2) is 0 Å². The Bertz CT molecular complexity index is 1320. The van der Waals surface area contributed by atoms with Crippen molar-refractivity contribution >= 4 is 40.3 Å². The lowest BCUT2D eigenvalue weighted by molar-refractivity contribution is -0.114. The van der Waals surface area contributed by atoms with E-state index in [-0.39, 0.29) is 23.6 Å². The average Bonchev–Trinajstić information content (AvgIpc) is 3.67. The minimum atomic E-state index is -0.230. The van der Waals surface area contributed by atoms with Crippen LogP contribution in [0.4, 0.5) is 5.69 Å². The van der Waals surface area contributed by atoms with Crippen molar-refractivity contribution in [1.29, 1.82) is 0 Å². The maximum atomic E-state index is 13.1. The fourth-order valence-corrected chi connectivity index (χ4v) is 6.51. The highest BCUT2D eigenvalue weighted by atomic mass is 32.1. The summed E-state index contributed by atoms with van der Waals surface area (Å²) < 4.78 is 0. The van der Waals surface area contributed by atoms with Crippen molar-refractivity contribution < 1.29 is 14.4 Å². The first-order valence-electron chi connectivity index (χ1n) is 13.0. The van der Waals surface area contributed by atoms with Crippen molar-refractivity contribution in [3.05, 3.63) is 74.6 Å². The number of carbonyl (C=O) groups excluding carboxylic acids is 3. The van der Waals surface area contributed by atoms with Crippen molar-refractivity contribution in [2.75, 3.05) is 31.5 Å². The summed E-state index contributed by atoms with van der Waals surface area (Å²) in [4.78, 5) is 49.1. The number of amides is 2. The van der Waals surface area contributed by atoms with Gasteiger partial charge in [-0.15, -0.1) is 11.3 Å². The number of likely N-dealkylation sites (tertiary alicyclic amines) is 1. The molecule has 6 rings (SSSR count). The highest BCUT2D eigenvalue weighted by molar-refractivity contribution is 7.09. The van der Waals surface area contributed by atoms with Crippen LogP contribution in [0.1, 0.15) is 57.3 Å². The zero-order chi connectivity index (χ0) is 25.5. The van der Waals surface area contributed by atoms with Gasteiger partial charge < -0.3 is 10.2 Å². The fourth-order valence-electron chi connectivity index (χ4n) is 5.68. The standard InChI is InChI=1S/C29H30N4O3S/c1-18(14-20-6-5-13-37-20)30-23-7-4-8-26(34)27(23)25-16-19-15-21-22(17-24(19)31-25)29(36)33(28(21)35)12-11-32-9-2-3-10-32/h4-7,13,15,17-18,31H,2-3,8-12,14,16H2,1H3/t18-/m0/s1. The molecule has 4 heterocycles. The zero-order valence-electron chi connectivity index (χ0n) is 21.0. The lowest BCUT2D eigenvalue weighted by atomic mass is 9.93. The third kappa shape index (κ3) is 4.60. The molecule has 8 heteroatoms. The van der Waals surface area contributed by atoms with E-state index in [0.29, 0.717) is 41.8 Å². The number of anilines is 1. The summed E-state index contributed by atoms with van der Waals surface area (Å²) >= 11 is 1.71. The number of hydrogen-bond acceptors (Lipinski definition) is 7. The Morgan fingerprint density at radius 2 is 1.86 bits per heavy atom. The molecule has 1 aromatic heterocycles. The Morgan fingerprint density at radius 1 is 1.08 bits per heavy atom. The maximum Gasteiger partial charge on any atom is 0.261 e. The molecule has 2 amide bonds. The number of ketones is 1. The molecule has 1 atom stereocenters. The number of fused-ring (bicyclic) bond motifs is 2. The number of nitrogens with one attached hydrogen (secondary N) is 1. The Hall–Kier alpha value is -3.36. The Labute approximate surface area is 220 Å². The monoisotopic (exact) mass is 514 g/mol. The number of imide groups is 1. The molecule has 190 valence electrons. The molecule has 1 aliphatic carbocycles. The Kier molecular flexibility index (Phi) is 6.38. The number of hydrogen-bond donors (Lipinski definition) is 1. The molecular formula is C29H30N4O3S. The van der Waals surface area contributed by atoms with Gasteiger partial charge in [-0.2, -0.15) is 0 Å². The van der Waals surface area contributed by atoms with E-state index < -0.39 is 0 Å². The van der Waals surface area contributed by atoms with Crippen LogP contribution in [0.15, 0.2) is 58.1 Å². The van der Waals surface area contributed by atoms with E-state index in [4.69, 9.17) is 4.99 Å². The maximum absolute atomic E-state index is 13.1. The SMILES string of the molecule is C[C@@H](Cc1cccs1)N=C1C=CCC(=O)C1=C1Cc2cc3c(cc2N1)C(=O)N(CCN1CCCC1)C3=O. The van der Waals surface area contributed by atoms with E-state index >= 15 is 0 Å². The summed E-state index contributed by atoms with van der Waals surface area (Å²) in [5, 5.41) is 5.46. The second-order valence-corrected chi connectivity index (χ2v) is 11.2. The van der Waals surface area contributed by atoms with E-state index in [0.717, 1.165) is 43.0 Å². The van der Waals surface area contributed by atoms with Crippen molar-refractivity contribution in [3.8, 4) is 0 Å². The molecule has 37 heavy (non-hydrogen) atoms. The second kappa shape index (κ2) is 9.84. The van der Waals surface area contributed by atoms with Crippen LogP contribution in [0.3, 0.4) is 0 Å². The second-order valence-electron chi connectivity index (χ2n) is 10.2. The van der Waals surface area contributed by atoms with Crippen LogP contribution < -0.4 is 5.32 Å². The summed E-state index contributed by atoms with van der Waals surface area (Å²) in [6.45, 7) is 5.28. The number of benzene rings is 1. The van der Waals surface area contributed by atoms with Gasteiger partial charge in [-0.05, 0) is 68.1 Å². The topological polar surface area (TPSA) is 82.1 Å². The van der Waals surface area contributed by atoms with Crippen LogP contribution in [0.5, 0.6) is 0 Å². The molecule has 0 radical (unpaired) electrons. The fraction of sp³-hybridized carbons (Fsp3) is 0.379. The number of rotatable bonds is 6. The van der Waals surface area contributed by atoms with Crippen molar-refractivity contribution in [2.24, 2.45) is 4.99 Å². The number of Topliss-reactive ketones (excluding diaryl/α,β-unsaturated/α-hetero) is 1. The largest absolute Gasteiger partial charge is 0.358 e. The van der Waals surface area contributed by atoms with Gasteiger partial charge in [0.15, 0.2) is 5.78 Å². The highest BCUT2D eigenvalue weighted by Gasteiger charge is 2.38. The number of aliphatic imine (C=N–C) groups is 1. The summed E-state index contributed by atoms with van der Waals surface area (Å²) in [6.07, 6.45) is 7.83.